The van der Waals surface area contributed by atoms with Gasteiger partial charge in [-0.3, -0.25) is 0 Å². The van der Waals surface area contributed by atoms with Crippen LogP contribution in [-0.4, -0.2) is 17.7 Å². The first-order valence-corrected chi connectivity index (χ1v) is 6.93. The van der Waals surface area contributed by atoms with Gasteiger partial charge in [-0.1, -0.05) is 18.2 Å². The molecule has 110 valence electrons. The molecule has 0 aliphatic heterocycles. The third-order valence-electron chi connectivity index (χ3n) is 3.13. The summed E-state index contributed by atoms with van der Waals surface area (Å²) in [6.07, 6.45) is 0. The number of rotatable bonds is 5. The van der Waals surface area contributed by atoms with Gasteiger partial charge in [-0.2, -0.15) is 0 Å². The fourth-order valence-corrected chi connectivity index (χ4v) is 2.08. The summed E-state index contributed by atoms with van der Waals surface area (Å²) in [5.74, 6) is -0.0902. The predicted octanol–water partition coefficient (Wildman–Crippen LogP) is 3.74. The second-order valence-corrected chi connectivity index (χ2v) is 4.76. The Bertz CT molecular complexity index is 625. The molecule has 0 fully saturated rings. The number of carbonyl (C=O) groups excluding carboxylic acids is 1. The van der Waals surface area contributed by atoms with Gasteiger partial charge in [0.25, 0.3) is 0 Å². The predicted molar refractivity (Wildman–Crippen MR) is 82.5 cm³/mol. The van der Waals surface area contributed by atoms with Crippen LogP contribution in [0.4, 0.5) is 5.69 Å². The van der Waals surface area contributed by atoms with E-state index in [2.05, 4.69) is 5.32 Å². The number of hydrogen-bond acceptors (Lipinski definition) is 4. The Morgan fingerprint density at radius 3 is 2.71 bits per heavy atom. The minimum atomic E-state index is -0.328. The Kier molecular flexibility index (Phi) is 4.82. The summed E-state index contributed by atoms with van der Waals surface area (Å²) in [4.78, 5) is 11.7. The largest absolute Gasteiger partial charge is 0.508 e. The number of nitrogens with one attached hydrogen (secondary N) is 1. The van der Waals surface area contributed by atoms with Gasteiger partial charge in [0.05, 0.1) is 12.2 Å². The van der Waals surface area contributed by atoms with Gasteiger partial charge in [0.2, 0.25) is 0 Å². The summed E-state index contributed by atoms with van der Waals surface area (Å²) in [7, 11) is 0. The third-order valence-corrected chi connectivity index (χ3v) is 3.13. The average molecular weight is 285 g/mol. The first-order valence-electron chi connectivity index (χ1n) is 6.93. The molecule has 0 radical (unpaired) electrons. The number of hydrogen-bond donors (Lipinski definition) is 2. The van der Waals surface area contributed by atoms with E-state index in [0.717, 1.165) is 11.3 Å². The summed E-state index contributed by atoms with van der Waals surface area (Å²) in [5.41, 5.74) is 2.32. The summed E-state index contributed by atoms with van der Waals surface area (Å²) in [6, 6.07) is 14.3. The molecule has 21 heavy (non-hydrogen) atoms. The lowest BCUT2D eigenvalue weighted by Crippen LogP contribution is -2.08. The highest BCUT2D eigenvalue weighted by atomic mass is 16.5. The van der Waals surface area contributed by atoms with Crippen molar-refractivity contribution in [2.24, 2.45) is 0 Å². The van der Waals surface area contributed by atoms with E-state index in [1.807, 2.05) is 25.1 Å². The van der Waals surface area contributed by atoms with Gasteiger partial charge < -0.3 is 15.2 Å². The van der Waals surface area contributed by atoms with Crippen molar-refractivity contribution in [3.8, 4) is 5.75 Å². The molecule has 2 N–H and O–H groups in total. The summed E-state index contributed by atoms with van der Waals surface area (Å²) >= 11 is 0. The molecule has 0 aliphatic rings. The van der Waals surface area contributed by atoms with Gasteiger partial charge in [-0.05, 0) is 49.7 Å². The molecule has 0 saturated carbocycles. The molecule has 0 spiro atoms. The van der Waals surface area contributed by atoms with Gasteiger partial charge in [0, 0.05) is 11.7 Å². The monoisotopic (exact) mass is 285 g/mol. The lowest BCUT2D eigenvalue weighted by atomic mass is 10.1. The van der Waals surface area contributed by atoms with E-state index in [1.165, 1.54) is 0 Å². The van der Waals surface area contributed by atoms with E-state index in [1.54, 1.807) is 37.3 Å². The van der Waals surface area contributed by atoms with Crippen LogP contribution in [0.15, 0.2) is 48.5 Å². The summed E-state index contributed by atoms with van der Waals surface area (Å²) in [6.45, 7) is 4.13. The molecule has 0 heterocycles. The highest BCUT2D eigenvalue weighted by Crippen LogP contribution is 2.22. The van der Waals surface area contributed by atoms with Crippen molar-refractivity contribution in [2.45, 2.75) is 19.9 Å². The number of phenolic OH excluding ortho intramolecular Hbond substituents is 1. The van der Waals surface area contributed by atoms with Gasteiger partial charge in [0.1, 0.15) is 5.75 Å². The molecule has 2 aromatic carbocycles. The second kappa shape index (κ2) is 6.79. The lowest BCUT2D eigenvalue weighted by molar-refractivity contribution is 0.0526. The molecule has 0 aromatic heterocycles. The van der Waals surface area contributed by atoms with Crippen LogP contribution in [0.2, 0.25) is 0 Å². The number of esters is 1. The first kappa shape index (κ1) is 14.9. The fraction of sp³-hybridized carbons (Fsp3) is 0.235. The van der Waals surface area contributed by atoms with Crippen LogP contribution in [0.1, 0.15) is 35.8 Å². The number of ether oxygens (including phenoxy) is 1. The maximum Gasteiger partial charge on any atom is 0.338 e. The van der Waals surface area contributed by atoms with Gasteiger partial charge >= 0.3 is 5.97 Å². The number of aromatic hydroxyl groups is 1. The molecule has 4 heteroatoms. The minimum Gasteiger partial charge on any atom is -0.508 e. The van der Waals surface area contributed by atoms with Crippen LogP contribution >= 0.6 is 0 Å². The Morgan fingerprint density at radius 2 is 2.00 bits per heavy atom. The number of anilines is 1. The number of carbonyl (C=O) groups is 1. The zero-order chi connectivity index (χ0) is 15.2. The zero-order valence-electron chi connectivity index (χ0n) is 12.2. The van der Waals surface area contributed by atoms with Crippen molar-refractivity contribution >= 4 is 11.7 Å². The standard InChI is InChI=1S/C17H19NO3/c1-3-21-17(20)14-7-4-8-15(10-14)18-12(2)13-6-5-9-16(19)11-13/h4-12,18-19H,3H2,1-2H3. The van der Waals surface area contributed by atoms with E-state index >= 15 is 0 Å². The maximum atomic E-state index is 11.7. The second-order valence-electron chi connectivity index (χ2n) is 4.76. The number of benzene rings is 2. The Morgan fingerprint density at radius 1 is 1.24 bits per heavy atom. The van der Waals surface area contributed by atoms with E-state index in [4.69, 9.17) is 4.74 Å². The number of phenols is 1. The Labute approximate surface area is 124 Å². The average Bonchev–Trinajstić information content (AvgIpc) is 2.48. The van der Waals surface area contributed by atoms with Crippen molar-refractivity contribution in [3.05, 3.63) is 59.7 Å². The van der Waals surface area contributed by atoms with Gasteiger partial charge in [0.15, 0.2) is 0 Å². The lowest BCUT2D eigenvalue weighted by Gasteiger charge is -2.16. The normalized spacial score (nSPS) is 11.7. The van der Waals surface area contributed by atoms with Crippen LogP contribution in [0.3, 0.4) is 0 Å². The molecular formula is C17H19NO3. The van der Waals surface area contributed by atoms with E-state index in [-0.39, 0.29) is 17.8 Å². The summed E-state index contributed by atoms with van der Waals surface area (Å²) in [5, 5.41) is 12.8. The highest BCUT2D eigenvalue weighted by molar-refractivity contribution is 5.90. The minimum absolute atomic E-state index is 0.00884. The van der Waals surface area contributed by atoms with Crippen LogP contribution in [0.25, 0.3) is 0 Å². The molecule has 2 aromatic rings. The van der Waals surface area contributed by atoms with Gasteiger partial charge in [-0.25, -0.2) is 4.79 Å². The molecular weight excluding hydrogens is 266 g/mol. The smallest absolute Gasteiger partial charge is 0.338 e. The van der Waals surface area contributed by atoms with E-state index in [0.29, 0.717) is 12.2 Å². The molecule has 0 aliphatic carbocycles. The van der Waals surface area contributed by atoms with Crippen LogP contribution in [0, 0.1) is 0 Å². The quantitative estimate of drug-likeness (QED) is 0.822. The van der Waals surface area contributed by atoms with Crippen molar-refractivity contribution in [1.82, 2.24) is 0 Å². The Hall–Kier alpha value is -2.49. The zero-order valence-corrected chi connectivity index (χ0v) is 12.2. The molecule has 0 amide bonds. The molecule has 0 saturated heterocycles. The first-order chi connectivity index (χ1) is 10.1. The van der Waals surface area contributed by atoms with Gasteiger partial charge in [-0.15, -0.1) is 0 Å². The van der Waals surface area contributed by atoms with Crippen molar-refractivity contribution in [1.29, 1.82) is 0 Å². The molecule has 2 rings (SSSR count). The maximum absolute atomic E-state index is 11.7. The molecule has 1 unspecified atom stereocenters. The topological polar surface area (TPSA) is 58.6 Å². The van der Waals surface area contributed by atoms with Crippen molar-refractivity contribution in [2.75, 3.05) is 11.9 Å². The van der Waals surface area contributed by atoms with Crippen LogP contribution < -0.4 is 5.32 Å². The van der Waals surface area contributed by atoms with E-state index < -0.39 is 0 Å². The molecule has 0 bridgehead atoms. The molecule has 1 atom stereocenters. The van der Waals surface area contributed by atoms with Crippen LogP contribution in [-0.2, 0) is 4.74 Å². The van der Waals surface area contributed by atoms with Crippen molar-refractivity contribution < 1.29 is 14.6 Å². The summed E-state index contributed by atoms with van der Waals surface area (Å²) < 4.78 is 4.99. The van der Waals surface area contributed by atoms with Crippen LogP contribution in [0.5, 0.6) is 5.75 Å². The molecule has 4 nitrogen and oxygen atoms in total. The SMILES string of the molecule is CCOC(=O)c1cccc(NC(C)c2cccc(O)c2)c1. The highest BCUT2D eigenvalue weighted by Gasteiger charge is 2.09. The van der Waals surface area contributed by atoms with E-state index in [9.17, 15) is 9.90 Å². The fourth-order valence-electron chi connectivity index (χ4n) is 2.08. The van der Waals surface area contributed by atoms with Crippen molar-refractivity contribution in [3.63, 3.8) is 0 Å². The Balaban J connectivity index is 2.12. The third kappa shape index (κ3) is 3.99.